The van der Waals surface area contributed by atoms with Crippen LogP contribution < -0.4 is 10.1 Å². The second kappa shape index (κ2) is 7.40. The lowest BCUT2D eigenvalue weighted by Gasteiger charge is -2.08. The maximum atomic E-state index is 5.46. The summed E-state index contributed by atoms with van der Waals surface area (Å²) in [4.78, 5) is 8.20. The van der Waals surface area contributed by atoms with Gasteiger partial charge in [0.05, 0.1) is 17.3 Å². The molecular formula is C10H16BrN3O2. The number of halogens is 1. The highest BCUT2D eigenvalue weighted by Crippen LogP contribution is 2.22. The average Bonchev–Trinajstić information content (AvgIpc) is 2.31. The van der Waals surface area contributed by atoms with Gasteiger partial charge in [-0.3, -0.25) is 0 Å². The summed E-state index contributed by atoms with van der Waals surface area (Å²) < 4.78 is 11.5. The third kappa shape index (κ3) is 4.32. The summed E-state index contributed by atoms with van der Waals surface area (Å²) in [6.07, 6.45) is 2.67. The highest BCUT2D eigenvalue weighted by Gasteiger charge is 2.04. The molecule has 0 atom stereocenters. The molecular weight excluding hydrogens is 274 g/mol. The molecule has 1 aromatic rings. The Balaban J connectivity index is 2.40. The van der Waals surface area contributed by atoms with Crippen molar-refractivity contribution in [3.05, 3.63) is 10.7 Å². The van der Waals surface area contributed by atoms with Crippen molar-refractivity contribution in [3.63, 3.8) is 0 Å². The normalized spacial score (nSPS) is 10.2. The smallest absolute Gasteiger partial charge is 0.232 e. The molecule has 1 rings (SSSR count). The van der Waals surface area contributed by atoms with Crippen molar-refractivity contribution in [3.8, 4) is 5.88 Å². The van der Waals surface area contributed by atoms with Crippen LogP contribution in [-0.2, 0) is 4.74 Å². The summed E-state index contributed by atoms with van der Waals surface area (Å²) in [5.74, 6) is 1.06. The summed E-state index contributed by atoms with van der Waals surface area (Å²) in [5, 5.41) is 2.85. The van der Waals surface area contributed by atoms with Crippen LogP contribution in [0, 0.1) is 0 Å². The van der Waals surface area contributed by atoms with Gasteiger partial charge in [0.25, 0.3) is 0 Å². The molecule has 16 heavy (non-hydrogen) atoms. The Morgan fingerprint density at radius 2 is 2.19 bits per heavy atom. The molecule has 0 spiro atoms. The van der Waals surface area contributed by atoms with E-state index in [1.165, 1.54) is 0 Å². The largest absolute Gasteiger partial charge is 0.474 e. The third-order valence-corrected chi connectivity index (χ3v) is 2.29. The zero-order valence-electron chi connectivity index (χ0n) is 9.49. The lowest BCUT2D eigenvalue weighted by Crippen LogP contribution is -2.09. The lowest BCUT2D eigenvalue weighted by atomic mass is 10.5. The van der Waals surface area contributed by atoms with Gasteiger partial charge in [0.2, 0.25) is 11.8 Å². The van der Waals surface area contributed by atoms with Crippen molar-refractivity contribution in [2.75, 3.05) is 32.2 Å². The number of ether oxygens (including phenoxy) is 2. The van der Waals surface area contributed by atoms with E-state index in [9.17, 15) is 0 Å². The number of nitrogens with one attached hydrogen (secondary N) is 1. The van der Waals surface area contributed by atoms with Gasteiger partial charge in [-0.25, -0.2) is 4.98 Å². The standard InChI is InChI=1S/C10H16BrN3O2/c1-3-4-15-5-6-16-9-8(11)7-13-10(12-2)14-9/h7H,3-6H2,1-2H3,(H,12,13,14). The van der Waals surface area contributed by atoms with Crippen molar-refractivity contribution in [1.29, 1.82) is 0 Å². The van der Waals surface area contributed by atoms with E-state index in [0.29, 0.717) is 25.0 Å². The molecule has 0 saturated carbocycles. The van der Waals surface area contributed by atoms with Crippen LogP contribution in [0.5, 0.6) is 5.88 Å². The SMILES string of the molecule is CCCOCCOc1nc(NC)ncc1Br. The predicted molar refractivity (Wildman–Crippen MR) is 65.9 cm³/mol. The van der Waals surface area contributed by atoms with Crippen LogP contribution in [0.2, 0.25) is 0 Å². The van der Waals surface area contributed by atoms with Crippen molar-refractivity contribution in [2.45, 2.75) is 13.3 Å². The molecule has 90 valence electrons. The van der Waals surface area contributed by atoms with Crippen LogP contribution in [0.25, 0.3) is 0 Å². The monoisotopic (exact) mass is 289 g/mol. The molecule has 0 saturated heterocycles. The highest BCUT2D eigenvalue weighted by molar-refractivity contribution is 9.10. The number of anilines is 1. The van der Waals surface area contributed by atoms with E-state index in [4.69, 9.17) is 9.47 Å². The molecule has 5 nitrogen and oxygen atoms in total. The Morgan fingerprint density at radius 3 is 2.88 bits per heavy atom. The van der Waals surface area contributed by atoms with Crippen LogP contribution in [0.4, 0.5) is 5.95 Å². The van der Waals surface area contributed by atoms with Gasteiger partial charge in [-0.2, -0.15) is 4.98 Å². The van der Waals surface area contributed by atoms with E-state index in [1.807, 2.05) is 0 Å². The second-order valence-electron chi connectivity index (χ2n) is 3.06. The van der Waals surface area contributed by atoms with E-state index in [1.54, 1.807) is 13.2 Å². The van der Waals surface area contributed by atoms with E-state index in [-0.39, 0.29) is 0 Å². The minimum atomic E-state index is 0.485. The van der Waals surface area contributed by atoms with E-state index in [0.717, 1.165) is 17.5 Å². The van der Waals surface area contributed by atoms with Gasteiger partial charge in [0.15, 0.2) is 0 Å². The predicted octanol–water partition coefficient (Wildman–Crippen LogP) is 2.09. The lowest BCUT2D eigenvalue weighted by molar-refractivity contribution is 0.0987. The van der Waals surface area contributed by atoms with Gasteiger partial charge in [-0.15, -0.1) is 0 Å². The average molecular weight is 290 g/mol. The number of nitrogens with zero attached hydrogens (tertiary/aromatic N) is 2. The first kappa shape index (κ1) is 13.2. The topological polar surface area (TPSA) is 56.3 Å². The number of aromatic nitrogens is 2. The van der Waals surface area contributed by atoms with Crippen LogP contribution in [0.1, 0.15) is 13.3 Å². The Morgan fingerprint density at radius 1 is 1.38 bits per heavy atom. The number of rotatable bonds is 7. The van der Waals surface area contributed by atoms with Crippen LogP contribution in [0.3, 0.4) is 0 Å². The quantitative estimate of drug-likeness (QED) is 0.779. The van der Waals surface area contributed by atoms with E-state index < -0.39 is 0 Å². The molecule has 0 unspecified atom stereocenters. The summed E-state index contributed by atoms with van der Waals surface area (Å²) >= 11 is 3.32. The van der Waals surface area contributed by atoms with Gasteiger partial charge >= 0.3 is 0 Å². The van der Waals surface area contributed by atoms with Crippen molar-refractivity contribution in [2.24, 2.45) is 0 Å². The molecule has 0 radical (unpaired) electrons. The third-order valence-electron chi connectivity index (χ3n) is 1.75. The van der Waals surface area contributed by atoms with Gasteiger partial charge in [-0.1, -0.05) is 6.92 Å². The number of hydrogen-bond donors (Lipinski definition) is 1. The summed E-state index contributed by atoms with van der Waals surface area (Å²) in [6, 6.07) is 0. The highest BCUT2D eigenvalue weighted by atomic mass is 79.9. The summed E-state index contributed by atoms with van der Waals surface area (Å²) in [7, 11) is 1.76. The molecule has 0 aliphatic carbocycles. The second-order valence-corrected chi connectivity index (χ2v) is 3.91. The molecule has 0 bridgehead atoms. The van der Waals surface area contributed by atoms with E-state index in [2.05, 4.69) is 38.1 Å². The van der Waals surface area contributed by atoms with E-state index >= 15 is 0 Å². The first-order valence-electron chi connectivity index (χ1n) is 5.18. The summed E-state index contributed by atoms with van der Waals surface area (Å²) in [5.41, 5.74) is 0. The van der Waals surface area contributed by atoms with Crippen molar-refractivity contribution in [1.82, 2.24) is 9.97 Å². The first-order valence-corrected chi connectivity index (χ1v) is 5.98. The zero-order valence-corrected chi connectivity index (χ0v) is 11.1. The molecule has 0 aromatic carbocycles. The van der Waals surface area contributed by atoms with Crippen molar-refractivity contribution < 1.29 is 9.47 Å². The number of hydrogen-bond acceptors (Lipinski definition) is 5. The molecule has 6 heteroatoms. The molecule has 1 N–H and O–H groups in total. The molecule has 0 aliphatic heterocycles. The minimum Gasteiger partial charge on any atom is -0.474 e. The Kier molecular flexibility index (Phi) is 6.10. The fourth-order valence-corrected chi connectivity index (χ4v) is 1.32. The fraction of sp³-hybridized carbons (Fsp3) is 0.600. The maximum Gasteiger partial charge on any atom is 0.232 e. The van der Waals surface area contributed by atoms with Crippen LogP contribution >= 0.6 is 15.9 Å². The molecule has 1 heterocycles. The minimum absolute atomic E-state index is 0.485. The first-order chi connectivity index (χ1) is 7.77. The molecule has 0 fully saturated rings. The molecule has 0 amide bonds. The molecule has 0 aliphatic rings. The van der Waals surface area contributed by atoms with Gasteiger partial charge < -0.3 is 14.8 Å². The Bertz CT molecular complexity index is 323. The Hall–Kier alpha value is -0.880. The fourth-order valence-electron chi connectivity index (χ4n) is 1.02. The Labute approximate surface area is 104 Å². The van der Waals surface area contributed by atoms with Crippen LogP contribution in [-0.4, -0.2) is 36.8 Å². The van der Waals surface area contributed by atoms with Gasteiger partial charge in [-0.05, 0) is 22.4 Å². The molecule has 1 aromatic heterocycles. The zero-order chi connectivity index (χ0) is 11.8. The van der Waals surface area contributed by atoms with Crippen molar-refractivity contribution >= 4 is 21.9 Å². The van der Waals surface area contributed by atoms with Gasteiger partial charge in [0.1, 0.15) is 6.61 Å². The summed E-state index contributed by atoms with van der Waals surface area (Å²) in [6.45, 7) is 3.88. The van der Waals surface area contributed by atoms with Gasteiger partial charge in [0, 0.05) is 13.7 Å². The maximum absolute atomic E-state index is 5.46. The van der Waals surface area contributed by atoms with Crippen LogP contribution in [0.15, 0.2) is 10.7 Å².